The zero-order chi connectivity index (χ0) is 13.3. The summed E-state index contributed by atoms with van der Waals surface area (Å²) in [6.07, 6.45) is 2.44. The number of anilines is 1. The summed E-state index contributed by atoms with van der Waals surface area (Å²) in [6, 6.07) is 5.78. The van der Waals surface area contributed by atoms with Gasteiger partial charge in [0.1, 0.15) is 5.75 Å². The molecule has 2 rings (SSSR count). The fourth-order valence-electron chi connectivity index (χ4n) is 2.05. The van der Waals surface area contributed by atoms with Crippen LogP contribution in [0.5, 0.6) is 5.75 Å². The Bertz CT molecular complexity index is 467. The van der Waals surface area contributed by atoms with Crippen molar-refractivity contribution in [3.05, 3.63) is 23.8 Å². The number of nitrogens with zero attached hydrogens (tertiary/aromatic N) is 1. The van der Waals surface area contributed by atoms with Crippen LogP contribution in [0.2, 0.25) is 0 Å². The lowest BCUT2D eigenvalue weighted by atomic mass is 10.1. The Morgan fingerprint density at radius 3 is 2.67 bits per heavy atom. The number of rotatable bonds is 4. The van der Waals surface area contributed by atoms with E-state index in [1.54, 1.807) is 19.1 Å². The van der Waals surface area contributed by atoms with Crippen molar-refractivity contribution in [2.75, 3.05) is 19.1 Å². The molecular formula is C14H20N2O2. The van der Waals surface area contributed by atoms with Gasteiger partial charge in [-0.15, -0.1) is 0 Å². The Hall–Kier alpha value is -1.55. The molecule has 0 aliphatic heterocycles. The summed E-state index contributed by atoms with van der Waals surface area (Å²) < 4.78 is 5.28. The van der Waals surface area contributed by atoms with Gasteiger partial charge in [-0.2, -0.15) is 0 Å². The predicted octanol–water partition coefficient (Wildman–Crippen LogP) is 1.71. The van der Waals surface area contributed by atoms with Crippen molar-refractivity contribution in [3.8, 4) is 5.75 Å². The first-order valence-electron chi connectivity index (χ1n) is 6.26. The summed E-state index contributed by atoms with van der Waals surface area (Å²) in [6.45, 7) is 2.06. The van der Waals surface area contributed by atoms with Gasteiger partial charge in [0.15, 0.2) is 0 Å². The minimum absolute atomic E-state index is 0.00489. The molecule has 4 heteroatoms. The number of hydrogen-bond donors (Lipinski definition) is 1. The molecule has 1 fully saturated rings. The maximum absolute atomic E-state index is 12.2. The summed E-state index contributed by atoms with van der Waals surface area (Å²) in [5.41, 5.74) is 7.28. The molecule has 0 heterocycles. The molecule has 0 atom stereocenters. The van der Waals surface area contributed by atoms with Gasteiger partial charge >= 0.3 is 0 Å². The molecule has 0 spiro atoms. The van der Waals surface area contributed by atoms with E-state index in [0.29, 0.717) is 0 Å². The van der Waals surface area contributed by atoms with Crippen molar-refractivity contribution in [1.82, 2.24) is 0 Å². The summed E-state index contributed by atoms with van der Waals surface area (Å²) in [7, 11) is 3.43. The van der Waals surface area contributed by atoms with Crippen LogP contribution in [0.25, 0.3) is 0 Å². The highest BCUT2D eigenvalue weighted by atomic mass is 16.5. The van der Waals surface area contributed by atoms with Crippen LogP contribution in [-0.4, -0.2) is 25.6 Å². The van der Waals surface area contributed by atoms with Crippen LogP contribution >= 0.6 is 0 Å². The van der Waals surface area contributed by atoms with Gasteiger partial charge in [0.2, 0.25) is 5.91 Å². The maximum atomic E-state index is 12.2. The predicted molar refractivity (Wildman–Crippen MR) is 71.9 cm³/mol. The molecule has 1 saturated carbocycles. The molecular weight excluding hydrogens is 228 g/mol. The van der Waals surface area contributed by atoms with E-state index >= 15 is 0 Å². The fraction of sp³-hybridized carbons (Fsp3) is 0.500. The third kappa shape index (κ3) is 2.20. The van der Waals surface area contributed by atoms with Crippen LogP contribution in [0.3, 0.4) is 0 Å². The van der Waals surface area contributed by atoms with Crippen LogP contribution in [0.1, 0.15) is 25.3 Å². The van der Waals surface area contributed by atoms with E-state index in [1.807, 2.05) is 18.2 Å². The quantitative estimate of drug-likeness (QED) is 0.882. The van der Waals surface area contributed by atoms with E-state index in [9.17, 15) is 4.79 Å². The van der Waals surface area contributed by atoms with E-state index in [2.05, 4.69) is 6.92 Å². The molecule has 4 nitrogen and oxygen atoms in total. The van der Waals surface area contributed by atoms with E-state index < -0.39 is 5.54 Å². The number of nitrogens with two attached hydrogens (primary N) is 1. The summed E-state index contributed by atoms with van der Waals surface area (Å²) in [5.74, 6) is 0.853. The standard InChI is InChI=1S/C14H20N2O2/c1-4-10-9-11(5-6-12(10)18-3)16(2)13(17)14(15)7-8-14/h5-6,9H,4,7-8,15H2,1-3H3. The topological polar surface area (TPSA) is 55.6 Å². The Labute approximate surface area is 108 Å². The number of methoxy groups -OCH3 is 1. The molecule has 1 aromatic rings. The van der Waals surface area contributed by atoms with Crippen LogP contribution in [-0.2, 0) is 11.2 Å². The number of carbonyl (C=O) groups excluding carboxylic acids is 1. The number of amides is 1. The van der Waals surface area contributed by atoms with Gasteiger partial charge < -0.3 is 15.4 Å². The van der Waals surface area contributed by atoms with Crippen molar-refractivity contribution < 1.29 is 9.53 Å². The van der Waals surface area contributed by atoms with Gasteiger partial charge in [-0.1, -0.05) is 6.92 Å². The molecule has 0 saturated heterocycles. The minimum Gasteiger partial charge on any atom is -0.496 e. The van der Waals surface area contributed by atoms with Gasteiger partial charge in [-0.25, -0.2) is 0 Å². The Balaban J connectivity index is 2.25. The van der Waals surface area contributed by atoms with Crippen LogP contribution in [0, 0.1) is 0 Å². The van der Waals surface area contributed by atoms with E-state index in [1.165, 1.54) is 0 Å². The monoisotopic (exact) mass is 248 g/mol. The van der Waals surface area contributed by atoms with Gasteiger partial charge in [0.05, 0.1) is 12.6 Å². The van der Waals surface area contributed by atoms with Crippen molar-refractivity contribution >= 4 is 11.6 Å². The molecule has 1 aliphatic rings. The highest BCUT2D eigenvalue weighted by Crippen LogP contribution is 2.35. The van der Waals surface area contributed by atoms with E-state index in [4.69, 9.17) is 10.5 Å². The number of carbonyl (C=O) groups is 1. The van der Waals surface area contributed by atoms with Gasteiger partial charge in [-0.3, -0.25) is 4.79 Å². The summed E-state index contributed by atoms with van der Waals surface area (Å²) in [4.78, 5) is 13.8. The lowest BCUT2D eigenvalue weighted by molar-refractivity contribution is -0.120. The molecule has 1 aromatic carbocycles. The van der Waals surface area contributed by atoms with Crippen LogP contribution < -0.4 is 15.4 Å². The smallest absolute Gasteiger partial charge is 0.246 e. The largest absolute Gasteiger partial charge is 0.496 e. The first-order valence-corrected chi connectivity index (χ1v) is 6.26. The van der Waals surface area contributed by atoms with Crippen LogP contribution in [0.4, 0.5) is 5.69 Å². The molecule has 18 heavy (non-hydrogen) atoms. The Morgan fingerprint density at radius 2 is 2.17 bits per heavy atom. The SMILES string of the molecule is CCc1cc(N(C)C(=O)C2(N)CC2)ccc1OC. The zero-order valence-corrected chi connectivity index (χ0v) is 11.2. The maximum Gasteiger partial charge on any atom is 0.246 e. The number of benzene rings is 1. The van der Waals surface area contributed by atoms with Crippen molar-refractivity contribution in [2.24, 2.45) is 5.73 Å². The Morgan fingerprint density at radius 1 is 1.50 bits per heavy atom. The highest BCUT2D eigenvalue weighted by molar-refractivity contribution is 6.01. The van der Waals surface area contributed by atoms with E-state index in [0.717, 1.165) is 36.3 Å². The van der Waals surface area contributed by atoms with Gasteiger partial charge in [0.25, 0.3) is 0 Å². The molecule has 1 aliphatic carbocycles. The van der Waals surface area contributed by atoms with Crippen molar-refractivity contribution in [3.63, 3.8) is 0 Å². The summed E-state index contributed by atoms with van der Waals surface area (Å²) >= 11 is 0. The molecule has 98 valence electrons. The van der Waals surface area contributed by atoms with Gasteiger partial charge in [-0.05, 0) is 43.0 Å². The third-order valence-corrected chi connectivity index (χ3v) is 3.55. The van der Waals surface area contributed by atoms with E-state index in [-0.39, 0.29) is 5.91 Å². The zero-order valence-electron chi connectivity index (χ0n) is 11.2. The minimum atomic E-state index is -0.624. The second-order valence-electron chi connectivity index (χ2n) is 4.87. The molecule has 1 amide bonds. The average Bonchev–Trinajstić information content (AvgIpc) is 3.15. The number of hydrogen-bond acceptors (Lipinski definition) is 3. The number of ether oxygens (including phenoxy) is 1. The second kappa shape index (κ2) is 4.61. The third-order valence-electron chi connectivity index (χ3n) is 3.55. The van der Waals surface area contributed by atoms with Crippen LogP contribution in [0.15, 0.2) is 18.2 Å². The van der Waals surface area contributed by atoms with Gasteiger partial charge in [0, 0.05) is 12.7 Å². The molecule has 0 unspecified atom stereocenters. The average molecular weight is 248 g/mol. The highest BCUT2D eigenvalue weighted by Gasteiger charge is 2.47. The number of likely N-dealkylation sites (N-methyl/N-ethyl adjacent to an activating group) is 1. The molecule has 0 radical (unpaired) electrons. The number of aryl methyl sites for hydroxylation is 1. The molecule has 2 N–H and O–H groups in total. The second-order valence-corrected chi connectivity index (χ2v) is 4.87. The fourth-order valence-corrected chi connectivity index (χ4v) is 2.05. The lowest BCUT2D eigenvalue weighted by Crippen LogP contribution is -2.43. The van der Waals surface area contributed by atoms with Crippen molar-refractivity contribution in [2.45, 2.75) is 31.7 Å². The molecule has 0 aromatic heterocycles. The Kier molecular flexibility index (Phi) is 3.30. The van der Waals surface area contributed by atoms with Crippen molar-refractivity contribution in [1.29, 1.82) is 0 Å². The lowest BCUT2D eigenvalue weighted by Gasteiger charge is -2.22. The first kappa shape index (κ1) is 12.9. The molecule has 0 bridgehead atoms. The normalized spacial score (nSPS) is 16.2. The summed E-state index contributed by atoms with van der Waals surface area (Å²) in [5, 5.41) is 0. The first-order chi connectivity index (χ1) is 8.51.